The fraction of sp³-hybridized carbons (Fsp3) is 0.444. The molecule has 6 heteroatoms. The molecule has 0 unspecified atom stereocenters. The average Bonchev–Trinajstić information content (AvgIpc) is 2.96. The molecule has 2 aliphatic rings. The Bertz CT molecular complexity index is 818. The first-order chi connectivity index (χ1) is 11.5. The monoisotopic (exact) mass is 344 g/mol. The van der Waals surface area contributed by atoms with Crippen molar-refractivity contribution >= 4 is 22.4 Å². The number of carbonyl (C=O) groups is 1. The molecule has 1 saturated heterocycles. The molecule has 0 amide bonds. The maximum Gasteiger partial charge on any atom is 0.314 e. The van der Waals surface area contributed by atoms with Gasteiger partial charge in [0, 0.05) is 23.5 Å². The van der Waals surface area contributed by atoms with Crippen molar-refractivity contribution in [2.24, 2.45) is 11.3 Å². The van der Waals surface area contributed by atoms with E-state index in [1.54, 1.807) is 11.3 Å². The first-order valence-corrected chi connectivity index (χ1v) is 8.96. The first kappa shape index (κ1) is 15.4. The normalized spacial score (nSPS) is 27.9. The van der Waals surface area contributed by atoms with Gasteiger partial charge >= 0.3 is 5.97 Å². The van der Waals surface area contributed by atoms with E-state index in [0.29, 0.717) is 5.92 Å². The number of rotatable bonds is 3. The van der Waals surface area contributed by atoms with Crippen LogP contribution in [0.3, 0.4) is 0 Å². The summed E-state index contributed by atoms with van der Waals surface area (Å²) in [6.45, 7) is 4.79. The number of anilines is 1. The largest absolute Gasteiger partial charge is 0.507 e. The van der Waals surface area contributed by atoms with Crippen molar-refractivity contribution in [3.63, 3.8) is 0 Å². The molecule has 1 aromatic carbocycles. The lowest BCUT2D eigenvalue weighted by Crippen LogP contribution is -2.38. The van der Waals surface area contributed by atoms with Gasteiger partial charge < -0.3 is 14.7 Å². The minimum Gasteiger partial charge on any atom is -0.507 e. The van der Waals surface area contributed by atoms with Gasteiger partial charge in [-0.15, -0.1) is 11.3 Å². The number of esters is 1. The van der Waals surface area contributed by atoms with Crippen molar-refractivity contribution in [1.82, 2.24) is 4.98 Å². The van der Waals surface area contributed by atoms with Gasteiger partial charge in [0.25, 0.3) is 0 Å². The summed E-state index contributed by atoms with van der Waals surface area (Å²) in [5.74, 6) is 0.535. The predicted octanol–water partition coefficient (Wildman–Crippen LogP) is 3.21. The van der Waals surface area contributed by atoms with Gasteiger partial charge in [-0.2, -0.15) is 0 Å². The number of hydrogen-bond donors (Lipinski definition) is 1. The number of phenols is 1. The molecule has 0 radical (unpaired) electrons. The quantitative estimate of drug-likeness (QED) is 0.866. The van der Waals surface area contributed by atoms with Crippen LogP contribution in [0.4, 0.5) is 5.13 Å². The molecule has 2 heterocycles. The van der Waals surface area contributed by atoms with Gasteiger partial charge in [0.2, 0.25) is 0 Å². The number of hydrogen-bond acceptors (Lipinski definition) is 6. The van der Waals surface area contributed by atoms with E-state index in [1.165, 1.54) is 7.11 Å². The number of phenolic OH excluding ortho intramolecular Hbond substituents is 1. The zero-order valence-corrected chi connectivity index (χ0v) is 14.8. The molecule has 0 spiro atoms. The van der Waals surface area contributed by atoms with Gasteiger partial charge in [0.1, 0.15) is 5.75 Å². The van der Waals surface area contributed by atoms with E-state index < -0.39 is 0 Å². The highest BCUT2D eigenvalue weighted by Crippen LogP contribution is 2.63. The maximum absolute atomic E-state index is 12.2. The van der Waals surface area contributed by atoms with Crippen LogP contribution in [0.5, 0.6) is 5.75 Å². The van der Waals surface area contributed by atoms with Gasteiger partial charge in [-0.25, -0.2) is 4.98 Å². The molecule has 126 valence electrons. The summed E-state index contributed by atoms with van der Waals surface area (Å²) in [6.07, 6.45) is 0.911. The van der Waals surface area contributed by atoms with E-state index in [4.69, 9.17) is 9.72 Å². The number of methoxy groups -OCH3 is 1. The zero-order valence-electron chi connectivity index (χ0n) is 13.9. The van der Waals surface area contributed by atoms with E-state index in [9.17, 15) is 9.90 Å². The SMILES string of the molecule is COC(=O)[C@]12C[C@H]1CN(c1nc(-c3cccc(C)c3O)cs1)[C@@H]2C. The number of aromatic hydroxyl groups is 1. The minimum atomic E-state index is -0.355. The van der Waals surface area contributed by atoms with Gasteiger partial charge in [0.15, 0.2) is 5.13 Å². The smallest absolute Gasteiger partial charge is 0.314 e. The van der Waals surface area contributed by atoms with Crippen LogP contribution in [0, 0.1) is 18.3 Å². The predicted molar refractivity (Wildman–Crippen MR) is 93.3 cm³/mol. The number of piperidine rings is 1. The third-order valence-corrected chi connectivity index (χ3v) is 6.48. The Morgan fingerprint density at radius 3 is 3.04 bits per heavy atom. The Morgan fingerprint density at radius 2 is 2.29 bits per heavy atom. The van der Waals surface area contributed by atoms with E-state index >= 15 is 0 Å². The Labute approximate surface area is 144 Å². The number of ether oxygens (including phenoxy) is 1. The van der Waals surface area contributed by atoms with Crippen LogP contribution < -0.4 is 4.90 Å². The summed E-state index contributed by atoms with van der Waals surface area (Å²) in [7, 11) is 1.46. The summed E-state index contributed by atoms with van der Waals surface area (Å²) < 4.78 is 5.02. The topological polar surface area (TPSA) is 62.7 Å². The summed E-state index contributed by atoms with van der Waals surface area (Å²) in [5, 5.41) is 13.1. The van der Waals surface area contributed by atoms with Crippen LogP contribution in [0.2, 0.25) is 0 Å². The van der Waals surface area contributed by atoms with Crippen molar-refractivity contribution < 1.29 is 14.6 Å². The molecule has 1 aliphatic heterocycles. The van der Waals surface area contributed by atoms with Crippen LogP contribution in [-0.4, -0.2) is 35.8 Å². The lowest BCUT2D eigenvalue weighted by molar-refractivity contribution is -0.147. The molecular formula is C18H20N2O3S. The Morgan fingerprint density at radius 1 is 1.50 bits per heavy atom. The number of fused-ring (bicyclic) bond motifs is 1. The molecule has 2 aromatic rings. The summed E-state index contributed by atoms with van der Waals surface area (Å²) in [5.41, 5.74) is 2.00. The second-order valence-electron chi connectivity index (χ2n) is 6.75. The van der Waals surface area contributed by atoms with Gasteiger partial charge in [0.05, 0.1) is 18.2 Å². The fourth-order valence-electron chi connectivity index (χ4n) is 4.00. The number of para-hydroxylation sites is 1. The van der Waals surface area contributed by atoms with Crippen molar-refractivity contribution in [1.29, 1.82) is 0 Å². The molecular weight excluding hydrogens is 324 g/mol. The lowest BCUT2D eigenvalue weighted by atomic mass is 9.98. The number of nitrogens with zero attached hydrogens (tertiary/aromatic N) is 2. The minimum absolute atomic E-state index is 0.0834. The number of aryl methyl sites for hydroxylation is 1. The van der Waals surface area contributed by atoms with Crippen LogP contribution in [-0.2, 0) is 9.53 Å². The van der Waals surface area contributed by atoms with Gasteiger partial charge in [-0.3, -0.25) is 4.79 Å². The standard InChI is InChI=1S/C18H20N2O3S/c1-10-5-4-6-13(15(10)21)14-9-24-17(19-14)20-8-12-7-18(12,11(20)2)16(22)23-3/h4-6,9,11-12,21H,7-8H2,1-3H3/t11-,12+,18+/m1/s1. The van der Waals surface area contributed by atoms with Crippen molar-refractivity contribution in [2.45, 2.75) is 26.3 Å². The second-order valence-corrected chi connectivity index (χ2v) is 7.58. The summed E-state index contributed by atoms with van der Waals surface area (Å²) >= 11 is 1.55. The summed E-state index contributed by atoms with van der Waals surface area (Å²) in [6, 6.07) is 5.76. The summed E-state index contributed by atoms with van der Waals surface area (Å²) in [4.78, 5) is 19.1. The van der Waals surface area contributed by atoms with Gasteiger partial charge in [-0.1, -0.05) is 12.1 Å². The van der Waals surface area contributed by atoms with Gasteiger partial charge in [-0.05, 0) is 37.8 Å². The van der Waals surface area contributed by atoms with Crippen LogP contribution in [0.15, 0.2) is 23.6 Å². The van der Waals surface area contributed by atoms with E-state index in [2.05, 4.69) is 11.8 Å². The molecule has 5 nitrogen and oxygen atoms in total. The molecule has 3 atom stereocenters. The molecule has 1 saturated carbocycles. The molecule has 0 bridgehead atoms. The lowest BCUT2D eigenvalue weighted by Gasteiger charge is -2.27. The maximum atomic E-state index is 12.2. The van der Waals surface area contributed by atoms with Crippen molar-refractivity contribution in [3.8, 4) is 17.0 Å². The number of benzene rings is 1. The molecule has 1 aliphatic carbocycles. The molecule has 1 aromatic heterocycles. The highest BCUT2D eigenvalue weighted by molar-refractivity contribution is 7.14. The van der Waals surface area contributed by atoms with E-state index in [1.807, 2.05) is 30.5 Å². The Balaban J connectivity index is 1.63. The van der Waals surface area contributed by atoms with Crippen LogP contribution in [0.1, 0.15) is 18.9 Å². The Kier molecular flexibility index (Phi) is 3.35. The Hall–Kier alpha value is -2.08. The van der Waals surface area contributed by atoms with E-state index in [-0.39, 0.29) is 23.2 Å². The van der Waals surface area contributed by atoms with E-state index in [0.717, 1.165) is 34.9 Å². The number of carbonyl (C=O) groups excluding carboxylic acids is 1. The highest BCUT2D eigenvalue weighted by atomic mass is 32.1. The number of aromatic nitrogens is 1. The fourth-order valence-corrected chi connectivity index (χ4v) is 4.92. The molecule has 1 N–H and O–H groups in total. The number of thiazole rings is 1. The molecule has 4 rings (SSSR count). The van der Waals surface area contributed by atoms with Crippen molar-refractivity contribution in [3.05, 3.63) is 29.1 Å². The molecule has 2 fully saturated rings. The molecule has 24 heavy (non-hydrogen) atoms. The zero-order chi connectivity index (χ0) is 17.1. The first-order valence-electron chi connectivity index (χ1n) is 8.08. The third-order valence-electron chi connectivity index (χ3n) is 5.60. The average molecular weight is 344 g/mol. The van der Waals surface area contributed by atoms with Crippen LogP contribution in [0.25, 0.3) is 11.3 Å². The second kappa shape index (κ2) is 5.21. The highest BCUT2D eigenvalue weighted by Gasteiger charge is 2.70. The van der Waals surface area contributed by atoms with Crippen LogP contribution >= 0.6 is 11.3 Å². The van der Waals surface area contributed by atoms with Crippen molar-refractivity contribution in [2.75, 3.05) is 18.6 Å². The third kappa shape index (κ3) is 1.99.